The molecule has 1 aliphatic carbocycles. The van der Waals surface area contributed by atoms with Crippen molar-refractivity contribution in [3.63, 3.8) is 0 Å². The molecule has 1 saturated carbocycles. The van der Waals surface area contributed by atoms with Gasteiger partial charge in [0.1, 0.15) is 5.82 Å². The van der Waals surface area contributed by atoms with Crippen molar-refractivity contribution in [2.24, 2.45) is 0 Å². The van der Waals surface area contributed by atoms with Gasteiger partial charge in [-0.25, -0.2) is 4.98 Å². The highest BCUT2D eigenvalue weighted by molar-refractivity contribution is 6.05. The third-order valence-electron chi connectivity index (χ3n) is 7.13. The van der Waals surface area contributed by atoms with Gasteiger partial charge in [0.15, 0.2) is 0 Å². The number of amides is 2. The summed E-state index contributed by atoms with van der Waals surface area (Å²) in [5.41, 5.74) is 2.01. The number of nitrogens with one attached hydrogen (secondary N) is 1. The number of aromatic nitrogens is 1. The zero-order valence-corrected chi connectivity index (χ0v) is 18.0. The fourth-order valence-electron chi connectivity index (χ4n) is 5.66. The zero-order valence-electron chi connectivity index (χ0n) is 18.0. The van der Waals surface area contributed by atoms with Gasteiger partial charge in [-0.3, -0.25) is 9.59 Å². The van der Waals surface area contributed by atoms with Crippen molar-refractivity contribution in [3.05, 3.63) is 59.3 Å². The number of fused-ring (bicyclic) bond motifs is 1. The number of carbonyl (C=O) groups is 2. The molecule has 3 heterocycles. The van der Waals surface area contributed by atoms with Crippen LogP contribution in [0.4, 0.5) is 5.82 Å². The SMILES string of the molecule is Cc1ccc(NC(=O)[C@H]2c3ccccc3C(=O)N(C[C@@H]3CCCO3)C23CCCC3)nc1. The van der Waals surface area contributed by atoms with E-state index in [1.807, 2.05) is 48.2 Å². The number of benzene rings is 1. The summed E-state index contributed by atoms with van der Waals surface area (Å²) in [6, 6.07) is 11.4. The Bertz CT molecular complexity index is 976. The zero-order chi connectivity index (χ0) is 21.4. The number of aryl methyl sites for hydroxylation is 1. The molecule has 1 saturated heterocycles. The number of hydrogen-bond donors (Lipinski definition) is 1. The monoisotopic (exact) mass is 419 g/mol. The fourth-order valence-corrected chi connectivity index (χ4v) is 5.66. The van der Waals surface area contributed by atoms with Gasteiger partial charge in [-0.2, -0.15) is 0 Å². The van der Waals surface area contributed by atoms with Crippen molar-refractivity contribution in [2.45, 2.75) is 63.0 Å². The van der Waals surface area contributed by atoms with E-state index in [1.165, 1.54) is 0 Å². The molecule has 1 spiro atoms. The minimum Gasteiger partial charge on any atom is -0.376 e. The molecule has 2 aliphatic heterocycles. The van der Waals surface area contributed by atoms with Gasteiger partial charge in [-0.05, 0) is 55.9 Å². The van der Waals surface area contributed by atoms with Gasteiger partial charge in [0.05, 0.1) is 17.6 Å². The summed E-state index contributed by atoms with van der Waals surface area (Å²) < 4.78 is 5.89. The van der Waals surface area contributed by atoms with Crippen molar-refractivity contribution in [1.82, 2.24) is 9.88 Å². The number of hydrogen-bond acceptors (Lipinski definition) is 4. The second-order valence-electron chi connectivity index (χ2n) is 9.09. The Morgan fingerprint density at radius 3 is 2.71 bits per heavy atom. The number of anilines is 1. The van der Waals surface area contributed by atoms with Crippen LogP contribution < -0.4 is 5.32 Å². The summed E-state index contributed by atoms with van der Waals surface area (Å²) >= 11 is 0. The predicted molar refractivity (Wildman–Crippen MR) is 118 cm³/mol. The maximum Gasteiger partial charge on any atom is 0.254 e. The summed E-state index contributed by atoms with van der Waals surface area (Å²) in [6.07, 6.45) is 7.50. The van der Waals surface area contributed by atoms with Gasteiger partial charge < -0.3 is 15.0 Å². The summed E-state index contributed by atoms with van der Waals surface area (Å²) in [5, 5.41) is 3.04. The van der Waals surface area contributed by atoms with Crippen molar-refractivity contribution in [2.75, 3.05) is 18.5 Å². The highest BCUT2D eigenvalue weighted by atomic mass is 16.5. The molecule has 1 aromatic heterocycles. The third-order valence-corrected chi connectivity index (χ3v) is 7.13. The standard InChI is InChI=1S/C25H29N3O3/c1-17-10-11-21(26-15-17)27-23(29)22-19-8-2-3-9-20(19)24(30)28(16-18-7-6-14-31-18)25(22)12-4-5-13-25/h2-3,8-11,15,18,22H,4-7,12-14,16H2,1H3,(H,26,27,29)/t18-,22+/m0/s1. The van der Waals surface area contributed by atoms with E-state index in [2.05, 4.69) is 10.3 Å². The predicted octanol–water partition coefficient (Wildman–Crippen LogP) is 4.06. The number of carbonyl (C=O) groups excluding carboxylic acids is 2. The van der Waals surface area contributed by atoms with E-state index in [9.17, 15) is 9.59 Å². The van der Waals surface area contributed by atoms with Gasteiger partial charge >= 0.3 is 0 Å². The molecule has 0 unspecified atom stereocenters. The molecular formula is C25H29N3O3. The average Bonchev–Trinajstić information content (AvgIpc) is 3.46. The van der Waals surface area contributed by atoms with Gasteiger partial charge in [-0.1, -0.05) is 37.1 Å². The number of nitrogens with zero attached hydrogens (tertiary/aromatic N) is 2. The minimum absolute atomic E-state index is 0.0329. The Kier molecular flexibility index (Phi) is 5.26. The van der Waals surface area contributed by atoms with Crippen molar-refractivity contribution < 1.29 is 14.3 Å². The lowest BCUT2D eigenvalue weighted by atomic mass is 9.71. The molecular weight excluding hydrogens is 390 g/mol. The Morgan fingerprint density at radius 2 is 2.00 bits per heavy atom. The van der Waals surface area contributed by atoms with Crippen LogP contribution in [0.3, 0.4) is 0 Å². The van der Waals surface area contributed by atoms with Crippen molar-refractivity contribution in [3.8, 4) is 0 Å². The lowest BCUT2D eigenvalue weighted by Crippen LogP contribution is -2.61. The van der Waals surface area contributed by atoms with Crippen LogP contribution in [-0.4, -0.2) is 46.5 Å². The van der Waals surface area contributed by atoms with Crippen LogP contribution in [0.25, 0.3) is 0 Å². The molecule has 0 bridgehead atoms. The maximum atomic E-state index is 13.7. The van der Waals surface area contributed by atoms with Gasteiger partial charge in [0.25, 0.3) is 5.91 Å². The lowest BCUT2D eigenvalue weighted by Gasteiger charge is -2.50. The van der Waals surface area contributed by atoms with E-state index in [0.717, 1.165) is 56.3 Å². The molecule has 3 aliphatic rings. The van der Waals surface area contributed by atoms with Crippen LogP contribution in [0, 0.1) is 6.92 Å². The number of ether oxygens (including phenoxy) is 1. The molecule has 2 amide bonds. The van der Waals surface area contributed by atoms with E-state index in [-0.39, 0.29) is 17.9 Å². The topological polar surface area (TPSA) is 71.5 Å². The van der Waals surface area contributed by atoms with E-state index in [1.54, 1.807) is 6.20 Å². The van der Waals surface area contributed by atoms with E-state index >= 15 is 0 Å². The average molecular weight is 420 g/mol. The fraction of sp³-hybridized carbons (Fsp3) is 0.480. The molecule has 2 fully saturated rings. The molecule has 0 radical (unpaired) electrons. The third kappa shape index (κ3) is 3.53. The summed E-state index contributed by atoms with van der Waals surface area (Å²) in [5.74, 6) is 0.0678. The van der Waals surface area contributed by atoms with Crippen LogP contribution in [0.2, 0.25) is 0 Å². The summed E-state index contributed by atoms with van der Waals surface area (Å²) in [4.78, 5) is 33.8. The quantitative estimate of drug-likeness (QED) is 0.811. The number of rotatable bonds is 4. The first-order valence-electron chi connectivity index (χ1n) is 11.3. The van der Waals surface area contributed by atoms with E-state index in [4.69, 9.17) is 4.74 Å². The highest BCUT2D eigenvalue weighted by Crippen LogP contribution is 2.50. The molecule has 2 atom stereocenters. The van der Waals surface area contributed by atoms with Gasteiger partial charge in [0, 0.05) is 24.9 Å². The van der Waals surface area contributed by atoms with Crippen molar-refractivity contribution >= 4 is 17.6 Å². The van der Waals surface area contributed by atoms with Crippen molar-refractivity contribution in [1.29, 1.82) is 0 Å². The maximum absolute atomic E-state index is 13.7. The van der Waals surface area contributed by atoms with Crippen LogP contribution in [0.15, 0.2) is 42.6 Å². The Morgan fingerprint density at radius 1 is 1.19 bits per heavy atom. The molecule has 2 aromatic rings. The first-order chi connectivity index (χ1) is 15.1. The Labute approximate surface area is 183 Å². The van der Waals surface area contributed by atoms with Gasteiger partial charge in [0.2, 0.25) is 5.91 Å². The summed E-state index contributed by atoms with van der Waals surface area (Å²) in [7, 11) is 0. The molecule has 5 rings (SSSR count). The molecule has 1 N–H and O–H groups in total. The Hall–Kier alpha value is -2.73. The smallest absolute Gasteiger partial charge is 0.254 e. The Balaban J connectivity index is 1.56. The van der Waals surface area contributed by atoms with Crippen LogP contribution in [-0.2, 0) is 9.53 Å². The second-order valence-corrected chi connectivity index (χ2v) is 9.09. The first kappa shape index (κ1) is 20.2. The molecule has 162 valence electrons. The van der Waals surface area contributed by atoms with E-state index in [0.29, 0.717) is 17.9 Å². The first-order valence-corrected chi connectivity index (χ1v) is 11.3. The molecule has 1 aromatic carbocycles. The molecule has 31 heavy (non-hydrogen) atoms. The molecule has 6 heteroatoms. The van der Waals surface area contributed by atoms with Gasteiger partial charge in [-0.15, -0.1) is 0 Å². The largest absolute Gasteiger partial charge is 0.376 e. The second kappa shape index (κ2) is 8.08. The highest BCUT2D eigenvalue weighted by Gasteiger charge is 2.56. The van der Waals surface area contributed by atoms with E-state index < -0.39 is 11.5 Å². The van der Waals surface area contributed by atoms with Crippen LogP contribution >= 0.6 is 0 Å². The molecule has 6 nitrogen and oxygen atoms in total. The normalized spacial score (nSPS) is 24.4. The van der Waals surface area contributed by atoms with Crippen LogP contribution in [0.1, 0.15) is 65.9 Å². The van der Waals surface area contributed by atoms with Crippen LogP contribution in [0.5, 0.6) is 0 Å². The lowest BCUT2D eigenvalue weighted by molar-refractivity contribution is -0.121. The number of pyridine rings is 1. The summed E-state index contributed by atoms with van der Waals surface area (Å²) in [6.45, 7) is 3.27. The minimum atomic E-state index is -0.508.